The largest absolute Gasteiger partial charge is 0.498 e. The Kier molecular flexibility index (Phi) is 3.42. The van der Waals surface area contributed by atoms with E-state index in [-0.39, 0.29) is 6.10 Å². The van der Waals surface area contributed by atoms with E-state index in [2.05, 4.69) is 6.58 Å². The molecule has 0 aliphatic rings. The van der Waals surface area contributed by atoms with Gasteiger partial charge in [-0.1, -0.05) is 6.58 Å². The van der Waals surface area contributed by atoms with Crippen LogP contribution >= 0.6 is 0 Å². The molecule has 0 spiro atoms. The Hall–Kier alpha value is -0.500. The fourth-order valence-corrected chi connectivity index (χ4v) is 0.220. The third kappa shape index (κ3) is 3.33. The van der Waals surface area contributed by atoms with Crippen LogP contribution in [0.2, 0.25) is 0 Å². The van der Waals surface area contributed by atoms with Crippen LogP contribution in [0.3, 0.4) is 0 Å². The zero-order valence-electron chi connectivity index (χ0n) is 4.55. The molecule has 0 aromatic rings. The summed E-state index contributed by atoms with van der Waals surface area (Å²) in [7, 11) is 0. The topological polar surface area (TPSA) is 35.2 Å². The van der Waals surface area contributed by atoms with Crippen molar-refractivity contribution < 1.29 is 4.74 Å². The molecule has 1 atom stereocenters. The van der Waals surface area contributed by atoms with Crippen LogP contribution in [0.4, 0.5) is 0 Å². The van der Waals surface area contributed by atoms with Gasteiger partial charge in [-0.15, -0.1) is 0 Å². The summed E-state index contributed by atoms with van der Waals surface area (Å²) in [5.74, 6) is 0. The highest BCUT2D eigenvalue weighted by Crippen LogP contribution is 1.83. The third-order valence-electron chi connectivity index (χ3n) is 0.660. The van der Waals surface area contributed by atoms with Gasteiger partial charge in [0.05, 0.1) is 6.26 Å². The molecule has 2 heteroatoms. The van der Waals surface area contributed by atoms with E-state index in [1.54, 1.807) is 0 Å². The summed E-state index contributed by atoms with van der Waals surface area (Å²) >= 11 is 0. The van der Waals surface area contributed by atoms with Crippen molar-refractivity contribution in [2.24, 2.45) is 5.73 Å². The van der Waals surface area contributed by atoms with Gasteiger partial charge in [-0.25, -0.2) is 0 Å². The van der Waals surface area contributed by atoms with Crippen molar-refractivity contribution >= 4 is 0 Å². The molecule has 2 nitrogen and oxygen atoms in total. The first-order valence-electron chi connectivity index (χ1n) is 2.27. The SMILES string of the molecule is C=COC(C)CN. The molecule has 0 amide bonds. The van der Waals surface area contributed by atoms with Crippen LogP contribution in [0.25, 0.3) is 0 Å². The van der Waals surface area contributed by atoms with Crippen LogP contribution in [0.5, 0.6) is 0 Å². The van der Waals surface area contributed by atoms with Crippen LogP contribution in [0, 0.1) is 0 Å². The van der Waals surface area contributed by atoms with Crippen LogP contribution < -0.4 is 5.73 Å². The lowest BCUT2D eigenvalue weighted by molar-refractivity contribution is 0.170. The molecule has 0 bridgehead atoms. The van der Waals surface area contributed by atoms with Crippen molar-refractivity contribution in [1.82, 2.24) is 0 Å². The van der Waals surface area contributed by atoms with Crippen LogP contribution in [0.15, 0.2) is 12.8 Å². The standard InChI is InChI=1S/C5H11NO/c1-3-7-5(2)4-6/h3,5H,1,4,6H2,2H3. The molecular weight excluding hydrogens is 90.1 g/mol. The van der Waals surface area contributed by atoms with Crippen molar-refractivity contribution in [3.05, 3.63) is 12.8 Å². The van der Waals surface area contributed by atoms with Crippen molar-refractivity contribution in [2.45, 2.75) is 13.0 Å². The van der Waals surface area contributed by atoms with Gasteiger partial charge in [0.15, 0.2) is 0 Å². The molecule has 0 radical (unpaired) electrons. The van der Waals surface area contributed by atoms with Gasteiger partial charge in [0.2, 0.25) is 0 Å². The normalized spacial score (nSPS) is 12.9. The molecule has 0 aliphatic heterocycles. The summed E-state index contributed by atoms with van der Waals surface area (Å²) in [5.41, 5.74) is 5.19. The highest BCUT2D eigenvalue weighted by Gasteiger charge is 1.90. The fraction of sp³-hybridized carbons (Fsp3) is 0.600. The van der Waals surface area contributed by atoms with Gasteiger partial charge in [0, 0.05) is 6.54 Å². The maximum atomic E-state index is 5.19. The second kappa shape index (κ2) is 3.68. The predicted molar refractivity (Wildman–Crippen MR) is 29.8 cm³/mol. The Morgan fingerprint density at radius 1 is 2.00 bits per heavy atom. The monoisotopic (exact) mass is 101 g/mol. The molecule has 0 rings (SSSR count). The number of hydrogen-bond donors (Lipinski definition) is 1. The summed E-state index contributed by atoms with van der Waals surface area (Å²) in [5, 5.41) is 0. The Morgan fingerprint density at radius 2 is 2.57 bits per heavy atom. The zero-order valence-corrected chi connectivity index (χ0v) is 4.55. The second-order valence-electron chi connectivity index (χ2n) is 1.35. The van der Waals surface area contributed by atoms with Gasteiger partial charge in [0.25, 0.3) is 0 Å². The summed E-state index contributed by atoms with van der Waals surface area (Å²) in [6.45, 7) is 5.81. The molecule has 42 valence electrons. The van der Waals surface area contributed by atoms with Gasteiger partial charge in [-0.2, -0.15) is 0 Å². The van der Waals surface area contributed by atoms with Crippen molar-refractivity contribution in [1.29, 1.82) is 0 Å². The number of rotatable bonds is 3. The minimum Gasteiger partial charge on any atom is -0.498 e. The van der Waals surface area contributed by atoms with Gasteiger partial charge in [-0.05, 0) is 6.92 Å². The molecule has 0 aromatic heterocycles. The maximum Gasteiger partial charge on any atom is 0.107 e. The first-order valence-corrected chi connectivity index (χ1v) is 2.27. The maximum absolute atomic E-state index is 5.19. The van der Waals surface area contributed by atoms with Crippen molar-refractivity contribution in [2.75, 3.05) is 6.54 Å². The molecule has 2 N–H and O–H groups in total. The molecule has 0 aliphatic carbocycles. The molecular formula is C5H11NO. The lowest BCUT2D eigenvalue weighted by Gasteiger charge is -2.04. The summed E-state index contributed by atoms with van der Waals surface area (Å²) < 4.78 is 4.83. The smallest absolute Gasteiger partial charge is 0.107 e. The minimum atomic E-state index is 0.109. The van der Waals surface area contributed by atoms with E-state index >= 15 is 0 Å². The van der Waals surface area contributed by atoms with Crippen molar-refractivity contribution in [3.8, 4) is 0 Å². The number of ether oxygens (including phenoxy) is 1. The Bertz CT molecular complexity index is 54.0. The minimum absolute atomic E-state index is 0.109. The molecule has 1 unspecified atom stereocenters. The van der Waals surface area contributed by atoms with E-state index in [0.717, 1.165) is 0 Å². The molecule has 0 heterocycles. The lowest BCUT2D eigenvalue weighted by Crippen LogP contribution is -2.17. The summed E-state index contributed by atoms with van der Waals surface area (Å²) in [4.78, 5) is 0. The molecule has 0 aromatic carbocycles. The van der Waals surface area contributed by atoms with Crippen LogP contribution in [0.1, 0.15) is 6.92 Å². The lowest BCUT2D eigenvalue weighted by atomic mass is 10.4. The van der Waals surface area contributed by atoms with Gasteiger partial charge in [-0.3, -0.25) is 0 Å². The molecule has 0 saturated heterocycles. The fourth-order valence-electron chi connectivity index (χ4n) is 0.220. The van der Waals surface area contributed by atoms with Gasteiger partial charge < -0.3 is 10.5 Å². The Labute approximate surface area is 44.0 Å². The number of hydrogen-bond acceptors (Lipinski definition) is 2. The number of nitrogens with two attached hydrogens (primary N) is 1. The van der Waals surface area contributed by atoms with Crippen LogP contribution in [-0.4, -0.2) is 12.6 Å². The average Bonchev–Trinajstić information content (AvgIpc) is 1.68. The third-order valence-corrected chi connectivity index (χ3v) is 0.660. The Balaban J connectivity index is 2.98. The first kappa shape index (κ1) is 6.50. The Morgan fingerprint density at radius 3 is 2.71 bits per heavy atom. The van der Waals surface area contributed by atoms with E-state index in [1.165, 1.54) is 6.26 Å². The molecule has 0 saturated carbocycles. The zero-order chi connectivity index (χ0) is 5.70. The highest BCUT2D eigenvalue weighted by molar-refractivity contribution is 4.56. The van der Waals surface area contributed by atoms with E-state index in [9.17, 15) is 0 Å². The molecule has 7 heavy (non-hydrogen) atoms. The second-order valence-corrected chi connectivity index (χ2v) is 1.35. The van der Waals surface area contributed by atoms with E-state index in [4.69, 9.17) is 10.5 Å². The van der Waals surface area contributed by atoms with E-state index in [0.29, 0.717) is 6.54 Å². The molecule has 0 fully saturated rings. The van der Waals surface area contributed by atoms with Gasteiger partial charge >= 0.3 is 0 Å². The summed E-state index contributed by atoms with van der Waals surface area (Å²) in [6.07, 6.45) is 1.51. The van der Waals surface area contributed by atoms with Crippen LogP contribution in [-0.2, 0) is 4.74 Å². The van der Waals surface area contributed by atoms with E-state index in [1.807, 2.05) is 6.92 Å². The first-order chi connectivity index (χ1) is 3.31. The average molecular weight is 101 g/mol. The predicted octanol–water partition coefficient (Wildman–Crippen LogP) is 0.494. The summed E-state index contributed by atoms with van der Waals surface area (Å²) in [6, 6.07) is 0. The van der Waals surface area contributed by atoms with E-state index < -0.39 is 0 Å². The van der Waals surface area contributed by atoms with Gasteiger partial charge in [0.1, 0.15) is 6.10 Å². The van der Waals surface area contributed by atoms with Crippen molar-refractivity contribution in [3.63, 3.8) is 0 Å². The quantitative estimate of drug-likeness (QED) is 0.525. The highest BCUT2D eigenvalue weighted by atomic mass is 16.5.